The molecule has 0 unspecified atom stereocenters. The third-order valence-electron chi connectivity index (χ3n) is 4.07. The lowest BCUT2D eigenvalue weighted by molar-refractivity contribution is 0.565. The van der Waals surface area contributed by atoms with Crippen LogP contribution in [0.1, 0.15) is 18.4 Å². The van der Waals surface area contributed by atoms with Crippen LogP contribution in [0.5, 0.6) is 0 Å². The van der Waals surface area contributed by atoms with Crippen LogP contribution in [-0.2, 0) is 16.4 Å². The average Bonchev–Trinajstić information content (AvgIpc) is 3.20. The van der Waals surface area contributed by atoms with Gasteiger partial charge in [-0.2, -0.15) is 0 Å². The normalized spacial score (nSPS) is 17.2. The minimum Gasteiger partial charge on any atom is -0.311 e. The van der Waals surface area contributed by atoms with E-state index in [0.29, 0.717) is 13.1 Å². The van der Waals surface area contributed by atoms with Gasteiger partial charge >= 0.3 is 0 Å². The van der Waals surface area contributed by atoms with Crippen LogP contribution in [0.3, 0.4) is 0 Å². The predicted octanol–water partition coefficient (Wildman–Crippen LogP) is 1.90. The summed E-state index contributed by atoms with van der Waals surface area (Å²) in [6.45, 7) is 1.17. The Hall–Kier alpha value is -1.46. The molecule has 1 aromatic carbocycles. The first-order valence-corrected chi connectivity index (χ1v) is 8.64. The molecule has 106 valence electrons. The first-order chi connectivity index (χ1) is 9.52. The second kappa shape index (κ2) is 4.82. The van der Waals surface area contributed by atoms with Gasteiger partial charge in [0.05, 0.1) is 10.3 Å². The number of hydrogen-bond donors (Lipinski definition) is 1. The lowest BCUT2D eigenvalue weighted by Crippen LogP contribution is -2.34. The summed E-state index contributed by atoms with van der Waals surface area (Å²) in [4.78, 5) is 4.40. The van der Waals surface area contributed by atoms with Crippen LogP contribution in [0, 0.1) is 0 Å². The van der Waals surface area contributed by atoms with Crippen molar-refractivity contribution in [1.82, 2.24) is 10.3 Å². The fourth-order valence-electron chi connectivity index (χ4n) is 2.55. The number of para-hydroxylation sites is 1. The molecule has 1 N–H and O–H groups in total. The van der Waals surface area contributed by atoms with Crippen molar-refractivity contribution >= 4 is 20.7 Å². The Balaban J connectivity index is 1.72. The summed E-state index contributed by atoms with van der Waals surface area (Å²) in [7, 11) is -2.97. The quantitative estimate of drug-likeness (QED) is 0.913. The molecule has 4 nitrogen and oxygen atoms in total. The van der Waals surface area contributed by atoms with Crippen molar-refractivity contribution in [2.75, 3.05) is 12.8 Å². The van der Waals surface area contributed by atoms with Crippen LogP contribution in [0.2, 0.25) is 0 Å². The summed E-state index contributed by atoms with van der Waals surface area (Å²) >= 11 is 0. The van der Waals surface area contributed by atoms with Gasteiger partial charge in [-0.25, -0.2) is 8.42 Å². The molecular weight excluding hydrogens is 272 g/mol. The molecule has 1 aliphatic carbocycles. The predicted molar refractivity (Wildman–Crippen MR) is 80.3 cm³/mol. The molecule has 0 atom stereocenters. The highest BCUT2D eigenvalue weighted by Gasteiger charge is 2.51. The van der Waals surface area contributed by atoms with E-state index in [1.54, 1.807) is 6.20 Å². The highest BCUT2D eigenvalue weighted by molar-refractivity contribution is 7.92. The number of hydrogen-bond acceptors (Lipinski definition) is 4. The van der Waals surface area contributed by atoms with Crippen molar-refractivity contribution in [3.05, 3.63) is 42.1 Å². The van der Waals surface area contributed by atoms with E-state index < -0.39 is 14.6 Å². The second-order valence-electron chi connectivity index (χ2n) is 5.55. The van der Waals surface area contributed by atoms with Gasteiger partial charge in [-0.05, 0) is 24.5 Å². The summed E-state index contributed by atoms with van der Waals surface area (Å²) in [5, 5.41) is 4.39. The zero-order valence-corrected chi connectivity index (χ0v) is 12.3. The van der Waals surface area contributed by atoms with Gasteiger partial charge in [0, 0.05) is 30.9 Å². The molecule has 5 heteroatoms. The maximum absolute atomic E-state index is 11.7. The number of aromatic nitrogens is 1. The minimum absolute atomic E-state index is 0.523. The lowest BCUT2D eigenvalue weighted by Gasteiger charge is -2.14. The van der Waals surface area contributed by atoms with Crippen LogP contribution in [0.15, 0.2) is 36.5 Å². The molecular formula is C15H18N2O2S. The number of rotatable bonds is 5. The van der Waals surface area contributed by atoms with Gasteiger partial charge in [0.15, 0.2) is 9.84 Å². The Morgan fingerprint density at radius 3 is 2.70 bits per heavy atom. The van der Waals surface area contributed by atoms with Gasteiger partial charge in [0.2, 0.25) is 0 Å². The number of pyridine rings is 1. The van der Waals surface area contributed by atoms with E-state index in [0.717, 1.165) is 29.3 Å². The summed E-state index contributed by atoms with van der Waals surface area (Å²) in [6, 6.07) is 10.0. The molecule has 1 aromatic heterocycles. The van der Waals surface area contributed by atoms with E-state index in [4.69, 9.17) is 0 Å². The maximum Gasteiger partial charge on any atom is 0.154 e. The number of nitrogens with one attached hydrogen (secondary N) is 1. The van der Waals surface area contributed by atoms with Crippen LogP contribution in [-0.4, -0.2) is 30.9 Å². The highest BCUT2D eigenvalue weighted by Crippen LogP contribution is 2.42. The molecule has 0 amide bonds. The second-order valence-corrected chi connectivity index (χ2v) is 7.96. The van der Waals surface area contributed by atoms with E-state index in [2.05, 4.69) is 10.3 Å². The molecule has 1 aliphatic rings. The van der Waals surface area contributed by atoms with Crippen molar-refractivity contribution in [2.24, 2.45) is 0 Å². The number of sulfone groups is 1. The van der Waals surface area contributed by atoms with Crippen molar-refractivity contribution in [3.8, 4) is 0 Å². The highest BCUT2D eigenvalue weighted by atomic mass is 32.2. The Bertz CT molecular complexity index is 731. The zero-order valence-electron chi connectivity index (χ0n) is 11.5. The molecule has 1 heterocycles. The van der Waals surface area contributed by atoms with Crippen LogP contribution in [0.25, 0.3) is 10.9 Å². The molecule has 0 saturated heterocycles. The molecule has 3 rings (SSSR count). The molecule has 1 fully saturated rings. The molecule has 1 saturated carbocycles. The van der Waals surface area contributed by atoms with Crippen molar-refractivity contribution in [2.45, 2.75) is 24.1 Å². The number of nitrogens with zero attached hydrogens (tertiary/aromatic N) is 1. The van der Waals surface area contributed by atoms with Gasteiger partial charge in [-0.3, -0.25) is 4.98 Å². The van der Waals surface area contributed by atoms with Crippen molar-refractivity contribution in [1.29, 1.82) is 0 Å². The molecule has 20 heavy (non-hydrogen) atoms. The van der Waals surface area contributed by atoms with E-state index in [1.807, 2.05) is 30.3 Å². The monoisotopic (exact) mass is 290 g/mol. The SMILES string of the molecule is CS(=O)(=O)C1(CNCc2cccc3cccnc23)CC1. The number of fused-ring (bicyclic) bond motifs is 1. The smallest absolute Gasteiger partial charge is 0.154 e. The van der Waals surface area contributed by atoms with Gasteiger partial charge in [0.25, 0.3) is 0 Å². The molecule has 0 bridgehead atoms. The van der Waals surface area contributed by atoms with Crippen molar-refractivity contribution in [3.63, 3.8) is 0 Å². The largest absolute Gasteiger partial charge is 0.311 e. The molecule has 0 aliphatic heterocycles. The topological polar surface area (TPSA) is 59.1 Å². The van der Waals surface area contributed by atoms with Crippen molar-refractivity contribution < 1.29 is 8.42 Å². The van der Waals surface area contributed by atoms with Crippen LogP contribution >= 0.6 is 0 Å². The van der Waals surface area contributed by atoms with Gasteiger partial charge in [-0.1, -0.05) is 24.3 Å². The van der Waals surface area contributed by atoms with E-state index >= 15 is 0 Å². The number of benzene rings is 1. The summed E-state index contributed by atoms with van der Waals surface area (Å²) in [5.74, 6) is 0. The average molecular weight is 290 g/mol. The van der Waals surface area contributed by atoms with E-state index in [9.17, 15) is 8.42 Å². The van der Waals surface area contributed by atoms with Gasteiger partial charge < -0.3 is 5.32 Å². The third-order valence-corrected chi connectivity index (χ3v) is 6.20. The van der Waals surface area contributed by atoms with Gasteiger partial charge in [0.1, 0.15) is 0 Å². The maximum atomic E-state index is 11.7. The van der Waals surface area contributed by atoms with Crippen LogP contribution < -0.4 is 5.32 Å². The zero-order chi connectivity index (χ0) is 14.2. The summed E-state index contributed by atoms with van der Waals surface area (Å²) in [6.07, 6.45) is 4.66. The first kappa shape index (κ1) is 13.5. The van der Waals surface area contributed by atoms with E-state index in [-0.39, 0.29) is 0 Å². The standard InChI is InChI=1S/C15H18N2O2S/c1-20(18,19)15(7-8-15)11-16-10-13-5-2-4-12-6-3-9-17-14(12)13/h2-6,9,16H,7-8,10-11H2,1H3. The van der Waals surface area contributed by atoms with E-state index in [1.165, 1.54) is 6.26 Å². The Labute approximate surface area is 119 Å². The van der Waals surface area contributed by atoms with Gasteiger partial charge in [-0.15, -0.1) is 0 Å². The summed E-state index contributed by atoms with van der Waals surface area (Å²) < 4.78 is 22.9. The molecule has 2 aromatic rings. The third kappa shape index (κ3) is 2.43. The molecule has 0 radical (unpaired) electrons. The fraction of sp³-hybridized carbons (Fsp3) is 0.400. The molecule has 0 spiro atoms. The minimum atomic E-state index is -2.97. The Morgan fingerprint density at radius 2 is 2.00 bits per heavy atom. The Morgan fingerprint density at radius 1 is 1.25 bits per heavy atom. The summed E-state index contributed by atoms with van der Waals surface area (Å²) in [5.41, 5.74) is 2.08. The first-order valence-electron chi connectivity index (χ1n) is 6.75. The lowest BCUT2D eigenvalue weighted by atomic mass is 10.1. The van der Waals surface area contributed by atoms with Crippen LogP contribution in [0.4, 0.5) is 0 Å². The Kier molecular flexibility index (Phi) is 3.26. The fourth-order valence-corrected chi connectivity index (χ4v) is 3.76.